The zero-order chi connectivity index (χ0) is 20.5. The Bertz CT molecular complexity index is 671. The number of aliphatic hydroxyl groups excluding tert-OH is 1. The van der Waals surface area contributed by atoms with Gasteiger partial charge in [-0.3, -0.25) is 9.59 Å². The summed E-state index contributed by atoms with van der Waals surface area (Å²) in [6.45, 7) is 10.7. The van der Waals surface area contributed by atoms with Crippen LogP contribution in [0.1, 0.15) is 79.6 Å². The van der Waals surface area contributed by atoms with E-state index in [-0.39, 0.29) is 46.1 Å². The minimum Gasteiger partial charge on any atom is -0.393 e. The van der Waals surface area contributed by atoms with E-state index in [9.17, 15) is 14.7 Å². The number of nitrogens with one attached hydrogen (secondary N) is 2. The highest BCUT2D eigenvalue weighted by Crippen LogP contribution is 2.65. The standard InChI is InChI=1S/C23H38N2O3/c1-21(2,3)25-20(28)15-12-16(26)19-13-6-7-17-22(4,11-9-18(27)24-17)14(13)8-10-23(15,19)5/h13-17,19,26H,6-12H2,1-5H3,(H,24,27)(H,25,28)/t13-,14+,15-,16-,17?,19-,22-,23-/m1/s1. The molecule has 4 rings (SSSR count). The monoisotopic (exact) mass is 390 g/mol. The van der Waals surface area contributed by atoms with Crippen molar-refractivity contribution in [2.75, 3.05) is 0 Å². The predicted octanol–water partition coefficient (Wildman–Crippen LogP) is 3.01. The fraction of sp³-hybridized carbons (Fsp3) is 0.913. The van der Waals surface area contributed by atoms with Gasteiger partial charge in [0.05, 0.1) is 6.10 Å². The lowest BCUT2D eigenvalue weighted by molar-refractivity contribution is -0.145. The van der Waals surface area contributed by atoms with Crippen LogP contribution in [0.2, 0.25) is 0 Å². The number of aliphatic hydroxyl groups is 1. The number of hydrogen-bond acceptors (Lipinski definition) is 3. The Balaban J connectivity index is 1.60. The first-order valence-electron chi connectivity index (χ1n) is 11.3. The van der Waals surface area contributed by atoms with Gasteiger partial charge in [-0.05, 0) is 87.9 Å². The Morgan fingerprint density at radius 3 is 2.54 bits per heavy atom. The van der Waals surface area contributed by atoms with Crippen molar-refractivity contribution in [1.29, 1.82) is 0 Å². The number of carbonyl (C=O) groups excluding carboxylic acids is 2. The molecule has 8 atom stereocenters. The summed E-state index contributed by atoms with van der Waals surface area (Å²) in [6, 6.07) is 0.276. The number of amides is 2. The maximum Gasteiger partial charge on any atom is 0.224 e. The first kappa shape index (κ1) is 20.2. The van der Waals surface area contributed by atoms with Crippen molar-refractivity contribution in [3.05, 3.63) is 0 Å². The average Bonchev–Trinajstić information content (AvgIpc) is 2.85. The fourth-order valence-corrected chi connectivity index (χ4v) is 7.63. The predicted molar refractivity (Wildman–Crippen MR) is 108 cm³/mol. The summed E-state index contributed by atoms with van der Waals surface area (Å²) in [5.74, 6) is 1.38. The number of hydrogen-bond donors (Lipinski definition) is 3. The lowest BCUT2D eigenvalue weighted by atomic mass is 9.47. The molecule has 28 heavy (non-hydrogen) atoms. The van der Waals surface area contributed by atoms with E-state index >= 15 is 0 Å². The van der Waals surface area contributed by atoms with Crippen LogP contribution >= 0.6 is 0 Å². The number of rotatable bonds is 1. The van der Waals surface area contributed by atoms with Crippen LogP contribution in [0.4, 0.5) is 0 Å². The molecule has 0 radical (unpaired) electrons. The Kier molecular flexibility index (Phi) is 4.65. The highest BCUT2D eigenvalue weighted by atomic mass is 16.3. The quantitative estimate of drug-likeness (QED) is 0.644. The normalized spacial score (nSPS) is 48.1. The molecular weight excluding hydrogens is 352 g/mol. The third kappa shape index (κ3) is 3.00. The van der Waals surface area contributed by atoms with Crippen LogP contribution in [0, 0.1) is 34.5 Å². The van der Waals surface area contributed by atoms with Gasteiger partial charge in [0.15, 0.2) is 0 Å². The van der Waals surface area contributed by atoms with Gasteiger partial charge in [0.1, 0.15) is 0 Å². The van der Waals surface area contributed by atoms with Crippen LogP contribution in [0.3, 0.4) is 0 Å². The topological polar surface area (TPSA) is 78.4 Å². The van der Waals surface area contributed by atoms with Crippen molar-refractivity contribution in [2.45, 2.75) is 97.2 Å². The summed E-state index contributed by atoms with van der Waals surface area (Å²) in [5, 5.41) is 17.5. The van der Waals surface area contributed by atoms with E-state index in [2.05, 4.69) is 24.5 Å². The van der Waals surface area contributed by atoms with E-state index in [0.717, 1.165) is 32.1 Å². The molecule has 1 heterocycles. The molecule has 0 spiro atoms. The van der Waals surface area contributed by atoms with Crippen molar-refractivity contribution in [1.82, 2.24) is 10.6 Å². The molecule has 3 N–H and O–H groups in total. The minimum absolute atomic E-state index is 0.107. The van der Waals surface area contributed by atoms with Gasteiger partial charge < -0.3 is 15.7 Å². The third-order valence-electron chi connectivity index (χ3n) is 8.89. The van der Waals surface area contributed by atoms with Crippen LogP contribution in [0.5, 0.6) is 0 Å². The van der Waals surface area contributed by atoms with Crippen LogP contribution < -0.4 is 10.6 Å². The Morgan fingerprint density at radius 1 is 1.14 bits per heavy atom. The molecule has 1 aliphatic heterocycles. The van der Waals surface area contributed by atoms with Gasteiger partial charge in [0, 0.05) is 23.9 Å². The third-order valence-corrected chi connectivity index (χ3v) is 8.89. The van der Waals surface area contributed by atoms with Crippen molar-refractivity contribution in [3.8, 4) is 0 Å². The Labute approximate surface area is 169 Å². The van der Waals surface area contributed by atoms with Gasteiger partial charge in [-0.25, -0.2) is 0 Å². The molecule has 5 heteroatoms. The highest BCUT2D eigenvalue weighted by molar-refractivity contribution is 5.81. The molecule has 0 aromatic heterocycles. The molecule has 0 aromatic rings. The second-order valence-electron chi connectivity index (χ2n) is 11.6. The largest absolute Gasteiger partial charge is 0.393 e. The van der Waals surface area contributed by atoms with E-state index in [4.69, 9.17) is 0 Å². The second-order valence-corrected chi connectivity index (χ2v) is 11.6. The molecule has 0 aromatic carbocycles. The van der Waals surface area contributed by atoms with Crippen molar-refractivity contribution < 1.29 is 14.7 Å². The van der Waals surface area contributed by atoms with Crippen LogP contribution in [0.25, 0.3) is 0 Å². The molecule has 3 saturated carbocycles. The maximum absolute atomic E-state index is 13.1. The first-order chi connectivity index (χ1) is 13.0. The number of piperidine rings is 1. The van der Waals surface area contributed by atoms with E-state index in [1.54, 1.807) is 0 Å². The molecule has 1 saturated heterocycles. The van der Waals surface area contributed by atoms with Crippen LogP contribution in [-0.2, 0) is 9.59 Å². The van der Waals surface area contributed by atoms with Gasteiger partial charge in [0.25, 0.3) is 0 Å². The highest BCUT2D eigenvalue weighted by Gasteiger charge is 2.64. The lowest BCUT2D eigenvalue weighted by Gasteiger charge is -2.60. The van der Waals surface area contributed by atoms with Gasteiger partial charge in [-0.1, -0.05) is 13.8 Å². The van der Waals surface area contributed by atoms with Crippen molar-refractivity contribution in [3.63, 3.8) is 0 Å². The molecule has 3 aliphatic carbocycles. The second kappa shape index (κ2) is 6.45. The number of fused-ring (bicyclic) bond motifs is 5. The van der Waals surface area contributed by atoms with Gasteiger partial charge >= 0.3 is 0 Å². The number of carbonyl (C=O) groups is 2. The lowest BCUT2D eigenvalue weighted by Crippen LogP contribution is -2.62. The first-order valence-corrected chi connectivity index (χ1v) is 11.3. The zero-order valence-electron chi connectivity index (χ0n) is 18.2. The minimum atomic E-state index is -0.396. The van der Waals surface area contributed by atoms with Crippen molar-refractivity contribution in [2.24, 2.45) is 34.5 Å². The Hall–Kier alpha value is -1.10. The zero-order valence-corrected chi connectivity index (χ0v) is 18.2. The molecular formula is C23H38N2O3. The van der Waals surface area contributed by atoms with E-state index in [0.29, 0.717) is 24.7 Å². The molecule has 5 nitrogen and oxygen atoms in total. The smallest absolute Gasteiger partial charge is 0.224 e. The van der Waals surface area contributed by atoms with Gasteiger partial charge in [-0.15, -0.1) is 0 Å². The van der Waals surface area contributed by atoms with Crippen molar-refractivity contribution >= 4 is 11.8 Å². The summed E-state index contributed by atoms with van der Waals surface area (Å²) in [5.41, 5.74) is -0.250. The SMILES string of the molecule is CC(C)(C)NC(=O)[C@H]1C[C@@H](O)[C@H]2[C@@H]3CCC4NC(=O)CC[C@]4(C)[C@H]3CC[C@@]21C. The summed E-state index contributed by atoms with van der Waals surface area (Å²) in [4.78, 5) is 25.0. The van der Waals surface area contributed by atoms with Crippen LogP contribution in [0.15, 0.2) is 0 Å². The average molecular weight is 391 g/mol. The summed E-state index contributed by atoms with van der Waals surface area (Å²) >= 11 is 0. The molecule has 158 valence electrons. The van der Waals surface area contributed by atoms with Gasteiger partial charge in [0.2, 0.25) is 11.8 Å². The van der Waals surface area contributed by atoms with E-state index < -0.39 is 6.10 Å². The van der Waals surface area contributed by atoms with E-state index in [1.165, 1.54) is 0 Å². The summed E-state index contributed by atoms with van der Waals surface area (Å²) in [7, 11) is 0. The summed E-state index contributed by atoms with van der Waals surface area (Å²) in [6.07, 6.45) is 5.92. The summed E-state index contributed by atoms with van der Waals surface area (Å²) < 4.78 is 0. The Morgan fingerprint density at radius 2 is 1.86 bits per heavy atom. The molecule has 1 unspecified atom stereocenters. The molecule has 4 fully saturated rings. The van der Waals surface area contributed by atoms with E-state index in [1.807, 2.05) is 20.8 Å². The fourth-order valence-electron chi connectivity index (χ4n) is 7.63. The molecule has 0 bridgehead atoms. The maximum atomic E-state index is 13.1. The van der Waals surface area contributed by atoms with Crippen LogP contribution in [-0.4, -0.2) is 34.6 Å². The molecule has 2 amide bonds. The van der Waals surface area contributed by atoms with Gasteiger partial charge in [-0.2, -0.15) is 0 Å². The molecule has 4 aliphatic rings.